The zero-order valence-corrected chi connectivity index (χ0v) is 16.4. The van der Waals surface area contributed by atoms with Crippen LogP contribution in [-0.2, 0) is 6.54 Å². The molecular formula is C22H27N4O2+. The largest absolute Gasteiger partial charge is 0.493 e. The van der Waals surface area contributed by atoms with E-state index < -0.39 is 0 Å². The number of ether oxygens (including phenoxy) is 2. The molecular weight excluding hydrogens is 352 g/mol. The molecule has 1 fully saturated rings. The fourth-order valence-electron chi connectivity index (χ4n) is 3.92. The molecule has 0 atom stereocenters. The van der Waals surface area contributed by atoms with Crippen molar-refractivity contribution in [1.82, 2.24) is 9.97 Å². The molecule has 1 aliphatic heterocycles. The average molecular weight is 379 g/mol. The maximum absolute atomic E-state index is 5.45. The molecule has 0 spiro atoms. The summed E-state index contributed by atoms with van der Waals surface area (Å²) in [5.74, 6) is 2.23. The van der Waals surface area contributed by atoms with E-state index in [0.29, 0.717) is 17.5 Å². The highest BCUT2D eigenvalue weighted by molar-refractivity contribution is 5.91. The van der Waals surface area contributed by atoms with Crippen LogP contribution >= 0.6 is 0 Å². The summed E-state index contributed by atoms with van der Waals surface area (Å²) in [4.78, 5) is 10.5. The van der Waals surface area contributed by atoms with Crippen molar-refractivity contribution in [1.29, 1.82) is 0 Å². The van der Waals surface area contributed by atoms with Crippen LogP contribution in [0.5, 0.6) is 11.5 Å². The van der Waals surface area contributed by atoms with Crippen molar-refractivity contribution in [3.8, 4) is 11.5 Å². The van der Waals surface area contributed by atoms with E-state index in [1.807, 2.05) is 12.1 Å². The number of piperidine rings is 1. The number of likely N-dealkylation sites (tertiary alicyclic amines) is 1. The highest BCUT2D eigenvalue weighted by Gasteiger charge is 2.23. The maximum Gasteiger partial charge on any atom is 0.162 e. The van der Waals surface area contributed by atoms with Crippen LogP contribution in [0.3, 0.4) is 0 Å². The lowest BCUT2D eigenvalue weighted by molar-refractivity contribution is -0.918. The highest BCUT2D eigenvalue weighted by Crippen LogP contribution is 2.33. The average Bonchev–Trinajstić information content (AvgIpc) is 2.75. The molecule has 1 saturated heterocycles. The summed E-state index contributed by atoms with van der Waals surface area (Å²) in [5, 5.41) is 4.59. The van der Waals surface area contributed by atoms with Crippen LogP contribution in [0.15, 0.2) is 48.8 Å². The Morgan fingerprint density at radius 3 is 2.43 bits per heavy atom. The van der Waals surface area contributed by atoms with Crippen molar-refractivity contribution in [3.63, 3.8) is 0 Å². The second-order valence-corrected chi connectivity index (χ2v) is 7.28. The molecule has 1 aromatic heterocycles. The predicted molar refractivity (Wildman–Crippen MR) is 110 cm³/mol. The Labute approximate surface area is 165 Å². The zero-order valence-electron chi connectivity index (χ0n) is 16.4. The van der Waals surface area contributed by atoms with Crippen LogP contribution in [0.1, 0.15) is 18.4 Å². The third kappa shape index (κ3) is 4.02. The second kappa shape index (κ2) is 8.44. The summed E-state index contributed by atoms with van der Waals surface area (Å²) in [5.41, 5.74) is 2.26. The number of quaternary nitrogens is 1. The molecule has 146 valence electrons. The minimum absolute atomic E-state index is 0.422. The monoisotopic (exact) mass is 379 g/mol. The molecule has 6 nitrogen and oxygen atoms in total. The maximum atomic E-state index is 5.45. The molecule has 0 radical (unpaired) electrons. The summed E-state index contributed by atoms with van der Waals surface area (Å²) in [6, 6.07) is 15.0. The predicted octanol–water partition coefficient (Wildman–Crippen LogP) is 2.31. The number of hydrogen-bond donors (Lipinski definition) is 2. The number of rotatable bonds is 6. The fraction of sp³-hybridized carbons (Fsp3) is 0.364. The Kier molecular flexibility index (Phi) is 5.58. The van der Waals surface area contributed by atoms with Crippen molar-refractivity contribution in [3.05, 3.63) is 54.4 Å². The summed E-state index contributed by atoms with van der Waals surface area (Å²) in [6.45, 7) is 3.42. The van der Waals surface area contributed by atoms with Crippen LogP contribution in [0.25, 0.3) is 10.9 Å². The fourth-order valence-corrected chi connectivity index (χ4v) is 3.92. The molecule has 0 aliphatic carbocycles. The smallest absolute Gasteiger partial charge is 0.162 e. The first kappa shape index (κ1) is 18.5. The summed E-state index contributed by atoms with van der Waals surface area (Å²) >= 11 is 0. The number of anilines is 1. The van der Waals surface area contributed by atoms with Crippen LogP contribution in [-0.4, -0.2) is 43.3 Å². The van der Waals surface area contributed by atoms with E-state index in [2.05, 4.69) is 45.6 Å². The Bertz CT molecular complexity index is 924. The molecule has 2 N–H and O–H groups in total. The number of nitrogens with zero attached hydrogens (tertiary/aromatic N) is 2. The van der Waals surface area contributed by atoms with Crippen LogP contribution in [0.4, 0.5) is 5.82 Å². The van der Waals surface area contributed by atoms with Gasteiger partial charge in [0.1, 0.15) is 18.7 Å². The van der Waals surface area contributed by atoms with E-state index in [1.54, 1.807) is 25.4 Å². The third-order valence-electron chi connectivity index (χ3n) is 5.47. The molecule has 2 aromatic carbocycles. The Balaban J connectivity index is 1.44. The van der Waals surface area contributed by atoms with E-state index in [-0.39, 0.29) is 0 Å². The highest BCUT2D eigenvalue weighted by atomic mass is 16.5. The van der Waals surface area contributed by atoms with E-state index >= 15 is 0 Å². The van der Waals surface area contributed by atoms with E-state index in [9.17, 15) is 0 Å². The number of aromatic nitrogens is 2. The Hall–Kier alpha value is -2.86. The number of methoxy groups -OCH3 is 2. The van der Waals surface area contributed by atoms with E-state index in [4.69, 9.17) is 9.47 Å². The van der Waals surface area contributed by atoms with Crippen molar-refractivity contribution in [2.45, 2.75) is 25.4 Å². The molecule has 6 heteroatoms. The van der Waals surface area contributed by atoms with Gasteiger partial charge in [0.25, 0.3) is 0 Å². The summed E-state index contributed by atoms with van der Waals surface area (Å²) in [7, 11) is 3.28. The SMILES string of the molecule is COc1cc2ncnc(NC3CC[NH+](Cc4ccccc4)CC3)c2cc1OC. The third-order valence-corrected chi connectivity index (χ3v) is 5.47. The van der Waals surface area contributed by atoms with Gasteiger partial charge in [0.15, 0.2) is 11.5 Å². The van der Waals surface area contributed by atoms with Crippen LogP contribution in [0.2, 0.25) is 0 Å². The van der Waals surface area contributed by atoms with Gasteiger partial charge in [-0.1, -0.05) is 30.3 Å². The van der Waals surface area contributed by atoms with Gasteiger partial charge in [-0.25, -0.2) is 9.97 Å². The van der Waals surface area contributed by atoms with E-state index in [1.165, 1.54) is 5.56 Å². The van der Waals surface area contributed by atoms with Crippen molar-refractivity contribution in [2.75, 3.05) is 32.6 Å². The van der Waals surface area contributed by atoms with Gasteiger partial charge in [-0.05, 0) is 6.07 Å². The standard InChI is InChI=1S/C22H26N4O2/c1-27-20-12-18-19(13-21(20)28-2)23-15-24-22(18)25-17-8-10-26(11-9-17)14-16-6-4-3-5-7-16/h3-7,12-13,15,17H,8-11,14H2,1-2H3,(H,23,24,25)/p+1. The topological polar surface area (TPSA) is 60.7 Å². The molecule has 0 unspecified atom stereocenters. The first-order valence-corrected chi connectivity index (χ1v) is 9.77. The molecule has 4 rings (SSSR count). The lowest BCUT2D eigenvalue weighted by atomic mass is 10.0. The van der Waals surface area contributed by atoms with Gasteiger partial charge >= 0.3 is 0 Å². The quantitative estimate of drug-likeness (QED) is 0.688. The van der Waals surface area contributed by atoms with Gasteiger partial charge in [-0.2, -0.15) is 0 Å². The number of hydrogen-bond acceptors (Lipinski definition) is 5. The van der Waals surface area contributed by atoms with Gasteiger partial charge in [-0.15, -0.1) is 0 Å². The number of fused-ring (bicyclic) bond motifs is 1. The lowest BCUT2D eigenvalue weighted by Crippen LogP contribution is -3.12. The second-order valence-electron chi connectivity index (χ2n) is 7.28. The number of nitrogens with one attached hydrogen (secondary N) is 2. The van der Waals surface area contributed by atoms with Crippen molar-refractivity contribution in [2.24, 2.45) is 0 Å². The molecule has 3 aromatic rings. The lowest BCUT2D eigenvalue weighted by Gasteiger charge is -2.30. The summed E-state index contributed by atoms with van der Waals surface area (Å²) in [6.07, 6.45) is 3.86. The first-order chi connectivity index (χ1) is 13.8. The van der Waals surface area contributed by atoms with Gasteiger partial charge < -0.3 is 19.7 Å². The van der Waals surface area contributed by atoms with Gasteiger partial charge in [-0.3, -0.25) is 0 Å². The molecule has 0 saturated carbocycles. The normalized spacial score (nSPS) is 19.4. The Morgan fingerprint density at radius 1 is 1.00 bits per heavy atom. The number of benzene rings is 2. The molecule has 2 heterocycles. The van der Waals surface area contributed by atoms with Gasteiger partial charge in [0.05, 0.1) is 32.8 Å². The minimum Gasteiger partial charge on any atom is -0.493 e. The molecule has 1 aliphatic rings. The van der Waals surface area contributed by atoms with Crippen LogP contribution in [0, 0.1) is 0 Å². The molecule has 0 bridgehead atoms. The zero-order chi connectivity index (χ0) is 19.3. The molecule has 28 heavy (non-hydrogen) atoms. The van der Waals surface area contributed by atoms with E-state index in [0.717, 1.165) is 49.2 Å². The van der Waals surface area contributed by atoms with Crippen molar-refractivity contribution < 1.29 is 14.4 Å². The first-order valence-electron chi connectivity index (χ1n) is 9.77. The summed E-state index contributed by atoms with van der Waals surface area (Å²) < 4.78 is 10.8. The minimum atomic E-state index is 0.422. The van der Waals surface area contributed by atoms with Gasteiger partial charge in [0.2, 0.25) is 0 Å². The van der Waals surface area contributed by atoms with Crippen molar-refractivity contribution >= 4 is 16.7 Å². The Morgan fingerprint density at radius 2 is 1.71 bits per heavy atom. The molecule has 0 amide bonds. The van der Waals surface area contributed by atoms with Crippen LogP contribution < -0.4 is 19.7 Å². The van der Waals surface area contributed by atoms with Gasteiger partial charge in [0, 0.05) is 35.9 Å².